The lowest BCUT2D eigenvalue weighted by atomic mass is 9.96. The highest BCUT2D eigenvalue weighted by molar-refractivity contribution is 7.90. The van der Waals surface area contributed by atoms with Crippen molar-refractivity contribution >= 4 is 32.5 Å². The lowest BCUT2D eigenvalue weighted by molar-refractivity contribution is 0.349. The fourth-order valence-electron chi connectivity index (χ4n) is 4.04. The Kier molecular flexibility index (Phi) is 6.10. The van der Waals surface area contributed by atoms with Crippen LogP contribution < -0.4 is 4.72 Å². The highest BCUT2D eigenvalue weighted by Crippen LogP contribution is 2.34. The number of hydrogen-bond acceptors (Lipinski definition) is 3. The Labute approximate surface area is 195 Å². The molecule has 1 aromatic heterocycles. The van der Waals surface area contributed by atoms with Gasteiger partial charge in [0.1, 0.15) is 6.07 Å². The van der Waals surface area contributed by atoms with Gasteiger partial charge >= 0.3 is 0 Å². The molecule has 5 nitrogen and oxygen atoms in total. The first-order valence-electron chi connectivity index (χ1n) is 10.9. The number of hydrogen-bond donors (Lipinski definition) is 1. The fourth-order valence-corrected chi connectivity index (χ4v) is 5.70. The van der Waals surface area contributed by atoms with Gasteiger partial charge in [-0.3, -0.25) is 0 Å². The fraction of sp³-hybridized carbons (Fsp3) is 0.400. The van der Waals surface area contributed by atoms with Crippen LogP contribution in [-0.4, -0.2) is 24.8 Å². The van der Waals surface area contributed by atoms with Gasteiger partial charge in [0.25, 0.3) is 0 Å². The maximum absolute atomic E-state index is 12.2. The maximum atomic E-state index is 12.2. The summed E-state index contributed by atoms with van der Waals surface area (Å²) in [6.45, 7) is 7.80. The number of nitrogens with one attached hydrogen (secondary N) is 1. The molecule has 0 saturated heterocycles. The molecule has 0 spiro atoms. The monoisotopic (exact) mass is 469 g/mol. The molecule has 1 heterocycles. The third-order valence-electron chi connectivity index (χ3n) is 5.70. The number of halogens is 1. The number of sulfonamides is 1. The summed E-state index contributed by atoms with van der Waals surface area (Å²) in [7, 11) is -3.18. The molecule has 168 valence electrons. The Morgan fingerprint density at radius 1 is 1.22 bits per heavy atom. The number of benzene rings is 2. The van der Waals surface area contributed by atoms with Gasteiger partial charge in [0.15, 0.2) is 0 Å². The smallest absolute Gasteiger partial charge is 0.214 e. The highest BCUT2D eigenvalue weighted by Gasteiger charge is 2.35. The summed E-state index contributed by atoms with van der Waals surface area (Å²) in [4.78, 5) is 0. The minimum Gasteiger partial charge on any atom is -0.347 e. The van der Waals surface area contributed by atoms with E-state index < -0.39 is 10.0 Å². The van der Waals surface area contributed by atoms with Gasteiger partial charge in [-0.15, -0.1) is 0 Å². The Hall–Kier alpha value is -2.33. The van der Waals surface area contributed by atoms with Gasteiger partial charge in [0, 0.05) is 35.8 Å². The number of nitrogens with zero attached hydrogens (tertiary/aromatic N) is 2. The molecule has 7 heteroatoms. The van der Waals surface area contributed by atoms with Crippen LogP contribution in [0.1, 0.15) is 44.7 Å². The third kappa shape index (κ3) is 4.85. The second-order valence-corrected chi connectivity index (χ2v) is 12.2. The van der Waals surface area contributed by atoms with E-state index >= 15 is 0 Å². The Balaban J connectivity index is 1.70. The van der Waals surface area contributed by atoms with Crippen LogP contribution in [0.2, 0.25) is 5.02 Å². The van der Waals surface area contributed by atoms with Gasteiger partial charge in [-0.1, -0.05) is 56.6 Å². The summed E-state index contributed by atoms with van der Waals surface area (Å²) < 4.78 is 29.4. The van der Waals surface area contributed by atoms with Crippen molar-refractivity contribution in [2.24, 2.45) is 5.41 Å². The van der Waals surface area contributed by atoms with Crippen LogP contribution in [0.3, 0.4) is 0 Å². The molecule has 1 fully saturated rings. The van der Waals surface area contributed by atoms with Crippen molar-refractivity contribution in [3.8, 4) is 17.2 Å². The standard InChI is InChI=1S/C25H28ClN3O2S/c1-25(2,3)16-29-15-19(11-12-28-32(30,31)20-8-9-20)21-10-7-17(13-23(21)29)22-6-4-5-18(14-27)24(22)26/h4-7,10,13,15,20,28H,8-9,11-12,16H2,1-3H3. The van der Waals surface area contributed by atoms with Crippen LogP contribution in [0.15, 0.2) is 42.6 Å². The topological polar surface area (TPSA) is 74.9 Å². The Morgan fingerprint density at radius 3 is 2.62 bits per heavy atom. The zero-order valence-corrected chi connectivity index (χ0v) is 20.2. The van der Waals surface area contributed by atoms with Crippen LogP contribution in [-0.2, 0) is 23.0 Å². The van der Waals surface area contributed by atoms with Crippen LogP contribution in [0.5, 0.6) is 0 Å². The normalized spacial score (nSPS) is 14.6. The summed E-state index contributed by atoms with van der Waals surface area (Å²) in [5.41, 5.74) is 4.51. The van der Waals surface area contributed by atoms with Gasteiger partial charge in [-0.05, 0) is 47.9 Å². The molecule has 1 saturated carbocycles. The molecule has 0 aliphatic heterocycles. The molecule has 0 unspecified atom stereocenters. The van der Waals surface area contributed by atoms with E-state index in [-0.39, 0.29) is 10.7 Å². The van der Waals surface area contributed by atoms with E-state index in [1.165, 1.54) is 0 Å². The first kappa shape index (κ1) is 22.8. The van der Waals surface area contributed by atoms with Crippen LogP contribution in [0, 0.1) is 16.7 Å². The van der Waals surface area contributed by atoms with E-state index in [9.17, 15) is 13.7 Å². The molecular formula is C25H28ClN3O2S. The second-order valence-electron chi connectivity index (χ2n) is 9.74. The van der Waals surface area contributed by atoms with E-state index in [2.05, 4.69) is 54.5 Å². The zero-order chi connectivity index (χ0) is 23.1. The van der Waals surface area contributed by atoms with Gasteiger partial charge in [-0.2, -0.15) is 5.26 Å². The lowest BCUT2D eigenvalue weighted by Gasteiger charge is -2.20. The molecule has 0 bridgehead atoms. The Morgan fingerprint density at radius 2 is 1.97 bits per heavy atom. The number of rotatable bonds is 7. The summed E-state index contributed by atoms with van der Waals surface area (Å²) in [5.74, 6) is 0. The molecule has 0 atom stereocenters. The average Bonchev–Trinajstić information content (AvgIpc) is 3.53. The van der Waals surface area contributed by atoms with Crippen molar-refractivity contribution < 1.29 is 8.42 Å². The highest BCUT2D eigenvalue weighted by atomic mass is 35.5. The summed E-state index contributed by atoms with van der Waals surface area (Å²) in [6.07, 6.45) is 4.29. The minimum absolute atomic E-state index is 0.0746. The van der Waals surface area contributed by atoms with Crippen LogP contribution in [0.4, 0.5) is 0 Å². The number of nitriles is 1. The lowest BCUT2D eigenvalue weighted by Crippen LogP contribution is -2.29. The van der Waals surface area contributed by atoms with Crippen molar-refractivity contribution in [1.29, 1.82) is 5.26 Å². The van der Waals surface area contributed by atoms with Gasteiger partial charge < -0.3 is 4.57 Å². The summed E-state index contributed by atoms with van der Waals surface area (Å²) >= 11 is 6.49. The predicted molar refractivity (Wildman–Crippen MR) is 130 cm³/mol. The second kappa shape index (κ2) is 8.55. The molecule has 2 aromatic carbocycles. The van der Waals surface area contributed by atoms with Crippen molar-refractivity contribution in [1.82, 2.24) is 9.29 Å². The molecular weight excluding hydrogens is 442 g/mol. The molecule has 1 aliphatic rings. The van der Waals surface area contributed by atoms with Gasteiger partial charge in [-0.25, -0.2) is 13.1 Å². The van der Waals surface area contributed by atoms with Crippen LogP contribution in [0.25, 0.3) is 22.0 Å². The van der Waals surface area contributed by atoms with Crippen molar-refractivity contribution in [2.45, 2.75) is 51.8 Å². The van der Waals surface area contributed by atoms with E-state index in [4.69, 9.17) is 11.6 Å². The molecule has 0 radical (unpaired) electrons. The largest absolute Gasteiger partial charge is 0.347 e. The molecule has 4 rings (SSSR count). The van der Waals surface area contributed by atoms with E-state index in [1.807, 2.05) is 18.2 Å². The van der Waals surface area contributed by atoms with Crippen LogP contribution >= 0.6 is 11.6 Å². The molecule has 1 N–H and O–H groups in total. The van der Waals surface area contributed by atoms with Crippen molar-refractivity contribution in [3.05, 3.63) is 58.7 Å². The predicted octanol–water partition coefficient (Wildman–Crippen LogP) is 5.50. The zero-order valence-electron chi connectivity index (χ0n) is 18.7. The molecule has 1 aliphatic carbocycles. The van der Waals surface area contributed by atoms with E-state index in [1.54, 1.807) is 6.07 Å². The Bertz CT molecular complexity index is 1310. The molecule has 0 amide bonds. The van der Waals surface area contributed by atoms with Crippen molar-refractivity contribution in [3.63, 3.8) is 0 Å². The summed E-state index contributed by atoms with van der Waals surface area (Å²) in [5, 5.41) is 10.7. The molecule has 32 heavy (non-hydrogen) atoms. The van der Waals surface area contributed by atoms with E-state index in [0.717, 1.165) is 47.0 Å². The quantitative estimate of drug-likeness (QED) is 0.496. The third-order valence-corrected chi connectivity index (χ3v) is 8.06. The average molecular weight is 470 g/mol. The first-order valence-corrected chi connectivity index (χ1v) is 12.8. The molecule has 3 aromatic rings. The summed E-state index contributed by atoms with van der Waals surface area (Å²) in [6, 6.07) is 13.8. The maximum Gasteiger partial charge on any atom is 0.214 e. The first-order chi connectivity index (χ1) is 15.1. The SMILES string of the molecule is CC(C)(C)Cn1cc(CCNS(=O)(=O)C2CC2)c2ccc(-c3cccc(C#N)c3Cl)cc21. The minimum atomic E-state index is -3.18. The number of fused-ring (bicyclic) bond motifs is 1. The van der Waals surface area contributed by atoms with Crippen molar-refractivity contribution in [2.75, 3.05) is 6.54 Å². The van der Waals surface area contributed by atoms with E-state index in [0.29, 0.717) is 23.6 Å². The number of aromatic nitrogens is 1. The van der Waals surface area contributed by atoms with Gasteiger partial charge in [0.05, 0.1) is 15.8 Å². The van der Waals surface area contributed by atoms with Gasteiger partial charge in [0.2, 0.25) is 10.0 Å².